The van der Waals surface area contributed by atoms with Crippen LogP contribution in [0.15, 0.2) is 12.2 Å². The van der Waals surface area contributed by atoms with Gasteiger partial charge in [-0.15, -0.1) is 0 Å². The smallest absolute Gasteiger partial charge is 0.363 e. The zero-order valence-corrected chi connectivity index (χ0v) is 15.3. The van der Waals surface area contributed by atoms with E-state index in [1.165, 1.54) is 0 Å². The minimum absolute atomic E-state index is 0.229. The summed E-state index contributed by atoms with van der Waals surface area (Å²) in [5.74, 6) is -0.343. The maximum atomic E-state index is 11.8. The Balaban J connectivity index is 4.63. The molecule has 1 unspecified atom stereocenters. The molecule has 0 amide bonds. The maximum absolute atomic E-state index is 11.8. The van der Waals surface area contributed by atoms with E-state index in [0.717, 1.165) is 38.5 Å². The summed E-state index contributed by atoms with van der Waals surface area (Å²) in [4.78, 5) is 11.8. The number of ether oxygens (including phenoxy) is 1. The highest BCUT2D eigenvalue weighted by atomic mass is 28.3. The van der Waals surface area contributed by atoms with Crippen LogP contribution in [0, 0.1) is 0 Å². The second-order valence-corrected chi connectivity index (χ2v) is 7.48. The average molecular weight is 317 g/mol. The van der Waals surface area contributed by atoms with E-state index in [1.807, 2.05) is 0 Å². The largest absolute Gasteiger partial charge is 0.457 e. The average Bonchev–Trinajstić information content (AvgIpc) is 2.45. The molecular formula is C16H32O4Si. The third-order valence-electron chi connectivity index (χ3n) is 3.04. The van der Waals surface area contributed by atoms with Crippen LogP contribution in [-0.4, -0.2) is 34.2 Å². The fraction of sp³-hybridized carbons (Fsp3) is 0.812. The van der Waals surface area contributed by atoms with Crippen molar-refractivity contribution in [3.05, 3.63) is 12.2 Å². The molecule has 0 spiro atoms. The lowest BCUT2D eigenvalue weighted by Crippen LogP contribution is -2.41. The third-order valence-corrected chi connectivity index (χ3v) is 5.25. The van der Waals surface area contributed by atoms with E-state index in [2.05, 4.69) is 27.4 Å². The zero-order valence-electron chi connectivity index (χ0n) is 14.2. The van der Waals surface area contributed by atoms with Gasteiger partial charge in [-0.1, -0.05) is 46.6 Å². The molecule has 5 heteroatoms. The summed E-state index contributed by atoms with van der Waals surface area (Å²) in [6, 6.07) is 0. The quantitative estimate of drug-likeness (QED) is 0.225. The van der Waals surface area contributed by atoms with Crippen molar-refractivity contribution in [2.75, 3.05) is 13.2 Å². The number of rotatable bonds is 13. The first-order valence-corrected chi connectivity index (χ1v) is 9.77. The maximum Gasteiger partial charge on any atom is 0.363 e. The Kier molecular flexibility index (Phi) is 12.6. The van der Waals surface area contributed by atoms with Crippen LogP contribution in [-0.2, 0) is 18.4 Å². The first kappa shape index (κ1) is 20.3. The number of esters is 1. The molecule has 0 heterocycles. The predicted octanol–water partition coefficient (Wildman–Crippen LogP) is 3.67. The third kappa shape index (κ3) is 9.82. The van der Waals surface area contributed by atoms with Gasteiger partial charge in [-0.05, 0) is 26.2 Å². The van der Waals surface area contributed by atoms with Crippen molar-refractivity contribution < 1.29 is 18.4 Å². The minimum Gasteiger partial charge on any atom is -0.457 e. The highest BCUT2D eigenvalue weighted by Gasteiger charge is 2.29. The van der Waals surface area contributed by atoms with Gasteiger partial charge >= 0.3 is 15.3 Å². The predicted molar refractivity (Wildman–Crippen MR) is 88.5 cm³/mol. The van der Waals surface area contributed by atoms with Crippen LogP contribution < -0.4 is 0 Å². The van der Waals surface area contributed by atoms with E-state index >= 15 is 0 Å². The summed E-state index contributed by atoms with van der Waals surface area (Å²) >= 11 is 0. The fourth-order valence-corrected chi connectivity index (χ4v) is 3.89. The van der Waals surface area contributed by atoms with E-state index in [-0.39, 0.29) is 11.7 Å². The van der Waals surface area contributed by atoms with Crippen LogP contribution in [0.1, 0.15) is 66.2 Å². The molecule has 0 saturated heterocycles. The van der Waals surface area contributed by atoms with Crippen molar-refractivity contribution in [2.24, 2.45) is 0 Å². The molecule has 0 aliphatic carbocycles. The zero-order chi connectivity index (χ0) is 16.1. The van der Waals surface area contributed by atoms with E-state index in [1.54, 1.807) is 6.92 Å². The monoisotopic (exact) mass is 316 g/mol. The molecule has 0 fully saturated rings. The highest BCUT2D eigenvalue weighted by molar-refractivity contribution is 6.46. The van der Waals surface area contributed by atoms with Crippen LogP contribution in [0.4, 0.5) is 0 Å². The van der Waals surface area contributed by atoms with Crippen LogP contribution in [0.2, 0.25) is 0 Å². The van der Waals surface area contributed by atoms with Gasteiger partial charge in [0.2, 0.25) is 0 Å². The molecular weight excluding hydrogens is 284 g/mol. The molecule has 0 aliphatic heterocycles. The Bertz CT molecular complexity index is 284. The van der Waals surface area contributed by atoms with E-state index in [9.17, 15) is 4.79 Å². The van der Waals surface area contributed by atoms with Crippen LogP contribution in [0.5, 0.6) is 0 Å². The van der Waals surface area contributed by atoms with Gasteiger partial charge in [0.05, 0.1) is 0 Å². The Morgan fingerprint density at radius 1 is 1.05 bits per heavy atom. The number of hydrogen-bond donors (Lipinski definition) is 0. The summed E-state index contributed by atoms with van der Waals surface area (Å²) < 4.78 is 17.4. The van der Waals surface area contributed by atoms with E-state index in [4.69, 9.17) is 13.6 Å². The molecule has 0 aromatic heterocycles. The van der Waals surface area contributed by atoms with E-state index < -0.39 is 9.28 Å². The SMILES string of the molecule is C=C(C)C(=O)OC(CCC)[SiH](OCCCC)OCCCC. The highest BCUT2D eigenvalue weighted by Crippen LogP contribution is 2.13. The lowest BCUT2D eigenvalue weighted by molar-refractivity contribution is -0.142. The van der Waals surface area contributed by atoms with Gasteiger partial charge < -0.3 is 13.6 Å². The van der Waals surface area contributed by atoms with Gasteiger partial charge in [0.1, 0.15) is 5.73 Å². The van der Waals surface area contributed by atoms with Crippen LogP contribution in [0.3, 0.4) is 0 Å². The molecule has 1 atom stereocenters. The fourth-order valence-electron chi connectivity index (χ4n) is 1.72. The molecule has 0 aliphatic rings. The topological polar surface area (TPSA) is 44.8 Å². The van der Waals surface area contributed by atoms with Gasteiger partial charge in [0.25, 0.3) is 0 Å². The molecule has 124 valence electrons. The summed E-state index contributed by atoms with van der Waals surface area (Å²) in [6.07, 6.45) is 5.90. The van der Waals surface area contributed by atoms with Crippen molar-refractivity contribution in [3.8, 4) is 0 Å². The summed E-state index contributed by atoms with van der Waals surface area (Å²) in [6.45, 7) is 13.0. The summed E-state index contributed by atoms with van der Waals surface area (Å²) in [5.41, 5.74) is 0.193. The van der Waals surface area contributed by atoms with E-state index in [0.29, 0.717) is 18.8 Å². The van der Waals surface area contributed by atoms with Gasteiger partial charge in [-0.2, -0.15) is 0 Å². The van der Waals surface area contributed by atoms with Crippen molar-refractivity contribution in [1.29, 1.82) is 0 Å². The molecule has 0 aromatic carbocycles. The first-order valence-electron chi connectivity index (χ1n) is 8.16. The normalized spacial score (nSPS) is 12.4. The van der Waals surface area contributed by atoms with Crippen LogP contribution in [0.25, 0.3) is 0 Å². The van der Waals surface area contributed by atoms with Gasteiger partial charge in [0.15, 0.2) is 0 Å². The second kappa shape index (κ2) is 13.0. The summed E-state index contributed by atoms with van der Waals surface area (Å²) in [5, 5.41) is 0. The minimum atomic E-state index is -2.01. The number of hydrogen-bond acceptors (Lipinski definition) is 4. The molecule has 0 saturated carbocycles. The lowest BCUT2D eigenvalue weighted by atomic mass is 10.3. The standard InChI is InChI=1S/C16H32O4Si/c1-6-9-12-18-21(19-13-10-7-2)15(11-8-3)20-16(17)14(4)5/h15,21H,4,6-13H2,1-3,5H3. The Morgan fingerprint density at radius 3 is 1.95 bits per heavy atom. The Morgan fingerprint density at radius 2 is 1.57 bits per heavy atom. The summed E-state index contributed by atoms with van der Waals surface area (Å²) in [7, 11) is -2.01. The number of unbranched alkanes of at least 4 members (excludes halogenated alkanes) is 2. The molecule has 0 radical (unpaired) electrons. The molecule has 0 aromatic rings. The molecule has 21 heavy (non-hydrogen) atoms. The number of carbonyl (C=O) groups excluding carboxylic acids is 1. The Hall–Kier alpha value is -0.653. The van der Waals surface area contributed by atoms with Crippen molar-refractivity contribution in [3.63, 3.8) is 0 Å². The molecule has 0 bridgehead atoms. The Labute approximate surface area is 131 Å². The van der Waals surface area contributed by atoms with Crippen LogP contribution >= 0.6 is 0 Å². The second-order valence-electron chi connectivity index (χ2n) is 5.33. The van der Waals surface area contributed by atoms with Gasteiger partial charge in [-0.25, -0.2) is 4.79 Å². The van der Waals surface area contributed by atoms with Crippen molar-refractivity contribution in [1.82, 2.24) is 0 Å². The molecule has 0 N–H and O–H groups in total. The van der Waals surface area contributed by atoms with Crippen molar-refractivity contribution >= 4 is 15.3 Å². The van der Waals surface area contributed by atoms with Gasteiger partial charge in [0, 0.05) is 18.8 Å². The first-order chi connectivity index (χ1) is 10.1. The van der Waals surface area contributed by atoms with Crippen molar-refractivity contribution in [2.45, 2.75) is 71.9 Å². The van der Waals surface area contributed by atoms with Gasteiger partial charge in [-0.3, -0.25) is 0 Å². The number of carbonyl (C=O) groups is 1. The lowest BCUT2D eigenvalue weighted by Gasteiger charge is -2.25. The molecule has 4 nitrogen and oxygen atoms in total. The molecule has 0 rings (SSSR count).